The average molecular weight is 280 g/mol. The Morgan fingerprint density at radius 2 is 1.70 bits per heavy atom. The van der Waals surface area contributed by atoms with E-state index in [9.17, 15) is 14.4 Å². The van der Waals surface area contributed by atoms with Gasteiger partial charge in [-0.05, 0) is 38.5 Å². The van der Waals surface area contributed by atoms with Gasteiger partial charge < -0.3 is 0 Å². The molecule has 2 fully saturated rings. The number of imide groups is 2. The monoisotopic (exact) mass is 280 g/mol. The molecule has 1 saturated carbocycles. The van der Waals surface area contributed by atoms with Crippen molar-refractivity contribution in [1.82, 2.24) is 10.2 Å². The summed E-state index contributed by atoms with van der Waals surface area (Å²) in [7, 11) is 0. The summed E-state index contributed by atoms with van der Waals surface area (Å²) < 4.78 is 0. The minimum Gasteiger partial charge on any atom is -0.277 e. The van der Waals surface area contributed by atoms with Crippen LogP contribution in [-0.2, 0) is 9.59 Å². The Morgan fingerprint density at radius 3 is 2.20 bits per heavy atom. The molecule has 0 aromatic heterocycles. The first-order chi connectivity index (χ1) is 9.44. The van der Waals surface area contributed by atoms with Crippen molar-refractivity contribution < 1.29 is 14.4 Å². The van der Waals surface area contributed by atoms with Crippen molar-refractivity contribution in [1.29, 1.82) is 0 Å². The van der Waals surface area contributed by atoms with Crippen LogP contribution in [-0.4, -0.2) is 28.3 Å². The van der Waals surface area contributed by atoms with E-state index in [0.717, 1.165) is 25.7 Å². The van der Waals surface area contributed by atoms with Crippen molar-refractivity contribution in [3.8, 4) is 0 Å². The van der Waals surface area contributed by atoms with Crippen LogP contribution < -0.4 is 5.32 Å². The Morgan fingerprint density at radius 1 is 1.15 bits per heavy atom. The Balaban J connectivity index is 2.30. The molecule has 1 aliphatic carbocycles. The van der Waals surface area contributed by atoms with Gasteiger partial charge in [-0.3, -0.25) is 19.8 Å². The zero-order valence-electron chi connectivity index (χ0n) is 12.6. The van der Waals surface area contributed by atoms with Crippen molar-refractivity contribution in [3.63, 3.8) is 0 Å². The van der Waals surface area contributed by atoms with Crippen LogP contribution >= 0.6 is 0 Å². The maximum Gasteiger partial charge on any atom is 0.331 e. The van der Waals surface area contributed by atoms with Gasteiger partial charge in [-0.25, -0.2) is 4.79 Å². The second-order valence-electron chi connectivity index (χ2n) is 6.19. The van der Waals surface area contributed by atoms with Crippen LogP contribution in [0.2, 0.25) is 0 Å². The maximum atomic E-state index is 12.7. The van der Waals surface area contributed by atoms with Crippen molar-refractivity contribution >= 4 is 17.8 Å². The molecule has 1 unspecified atom stereocenters. The second-order valence-corrected chi connectivity index (χ2v) is 6.19. The lowest BCUT2D eigenvalue weighted by molar-refractivity contribution is -0.149. The summed E-state index contributed by atoms with van der Waals surface area (Å²) in [5, 5.41) is 2.39. The largest absolute Gasteiger partial charge is 0.331 e. The molecule has 112 valence electrons. The number of barbiturate groups is 1. The average Bonchev–Trinajstić information content (AvgIpc) is 2.91. The number of rotatable bonds is 4. The maximum absolute atomic E-state index is 12.7. The summed E-state index contributed by atoms with van der Waals surface area (Å²) in [4.78, 5) is 38.2. The van der Waals surface area contributed by atoms with Gasteiger partial charge >= 0.3 is 6.03 Å². The van der Waals surface area contributed by atoms with Crippen LogP contribution in [0.1, 0.15) is 59.3 Å². The Labute approximate surface area is 120 Å². The molecule has 20 heavy (non-hydrogen) atoms. The van der Waals surface area contributed by atoms with Gasteiger partial charge in [-0.1, -0.05) is 26.7 Å². The predicted octanol–water partition coefficient (Wildman–Crippen LogP) is 2.45. The zero-order valence-corrected chi connectivity index (χ0v) is 12.6. The fraction of sp³-hybridized carbons (Fsp3) is 0.800. The lowest BCUT2D eigenvalue weighted by Crippen LogP contribution is -2.65. The van der Waals surface area contributed by atoms with E-state index in [0.29, 0.717) is 12.8 Å². The van der Waals surface area contributed by atoms with Crippen molar-refractivity contribution in [2.24, 2.45) is 11.8 Å². The van der Waals surface area contributed by atoms with Gasteiger partial charge in [0, 0.05) is 5.54 Å². The molecular weight excluding hydrogens is 256 g/mol. The lowest BCUT2D eigenvalue weighted by atomic mass is 9.84. The normalized spacial score (nSPS) is 25.2. The molecular formula is C15H24N2O3. The van der Waals surface area contributed by atoms with E-state index in [2.05, 4.69) is 5.32 Å². The van der Waals surface area contributed by atoms with Crippen molar-refractivity contribution in [3.05, 3.63) is 0 Å². The quantitative estimate of drug-likeness (QED) is 0.804. The number of amides is 4. The molecule has 2 rings (SSSR count). The highest BCUT2D eigenvalue weighted by Gasteiger charge is 2.50. The summed E-state index contributed by atoms with van der Waals surface area (Å²) >= 11 is 0. The Bertz CT molecular complexity index is 423. The van der Waals surface area contributed by atoms with Crippen LogP contribution in [0.5, 0.6) is 0 Å². The van der Waals surface area contributed by atoms with Crippen LogP contribution in [0.25, 0.3) is 0 Å². The summed E-state index contributed by atoms with van der Waals surface area (Å²) in [6.45, 7) is 5.84. The van der Waals surface area contributed by atoms with E-state index in [1.54, 1.807) is 0 Å². The first kappa shape index (κ1) is 15.0. The summed E-state index contributed by atoms with van der Waals surface area (Å²) in [6.07, 6.45) is 5.31. The van der Waals surface area contributed by atoms with E-state index < -0.39 is 23.4 Å². The molecule has 5 nitrogen and oxygen atoms in total. The van der Waals surface area contributed by atoms with E-state index in [1.807, 2.05) is 20.8 Å². The number of hydrogen-bond donors (Lipinski definition) is 1. The molecule has 0 bridgehead atoms. The van der Waals surface area contributed by atoms with E-state index >= 15 is 0 Å². The van der Waals surface area contributed by atoms with E-state index in [-0.39, 0.29) is 11.8 Å². The number of hydrogen-bond acceptors (Lipinski definition) is 3. The smallest absolute Gasteiger partial charge is 0.277 e. The van der Waals surface area contributed by atoms with Gasteiger partial charge in [0.15, 0.2) is 0 Å². The number of nitrogens with zero attached hydrogens (tertiary/aromatic N) is 1. The van der Waals surface area contributed by atoms with Crippen LogP contribution in [0.15, 0.2) is 0 Å². The molecule has 4 amide bonds. The third-order valence-corrected chi connectivity index (χ3v) is 5.14. The number of carbonyl (C=O) groups is 3. The minimum atomic E-state index is -0.673. The molecule has 1 heterocycles. The fourth-order valence-corrected chi connectivity index (χ4v) is 3.37. The predicted molar refractivity (Wildman–Crippen MR) is 74.8 cm³/mol. The topological polar surface area (TPSA) is 66.5 Å². The summed E-state index contributed by atoms with van der Waals surface area (Å²) in [5.41, 5.74) is -0.515. The summed E-state index contributed by atoms with van der Waals surface area (Å²) in [5.74, 6) is -1.28. The molecule has 1 atom stereocenters. The SMILES string of the molecule is CCC(C)(CC)N1C(=O)NC(=O)C(C2CCCC2)C1=O. The molecule has 1 N–H and O–H groups in total. The highest BCUT2D eigenvalue weighted by atomic mass is 16.2. The van der Waals surface area contributed by atoms with Crippen molar-refractivity contribution in [2.45, 2.75) is 64.8 Å². The molecule has 0 aromatic carbocycles. The third kappa shape index (κ3) is 2.34. The Hall–Kier alpha value is -1.39. The number of nitrogens with one attached hydrogen (secondary N) is 1. The number of carbonyl (C=O) groups excluding carboxylic acids is 3. The molecule has 0 spiro atoms. The molecule has 1 saturated heterocycles. The molecule has 0 aromatic rings. The van der Waals surface area contributed by atoms with Crippen molar-refractivity contribution in [2.75, 3.05) is 0 Å². The van der Waals surface area contributed by atoms with Gasteiger partial charge in [0.05, 0.1) is 0 Å². The highest BCUT2D eigenvalue weighted by Crippen LogP contribution is 2.36. The van der Waals surface area contributed by atoms with Gasteiger partial charge in [-0.2, -0.15) is 0 Å². The molecule has 1 aliphatic heterocycles. The Kier molecular flexibility index (Phi) is 4.16. The first-order valence-electron chi connectivity index (χ1n) is 7.63. The number of urea groups is 1. The molecule has 0 radical (unpaired) electrons. The minimum absolute atomic E-state index is 0.0936. The second kappa shape index (κ2) is 5.54. The van der Waals surface area contributed by atoms with Gasteiger partial charge in [0.1, 0.15) is 5.92 Å². The van der Waals surface area contributed by atoms with Crippen LogP contribution in [0.4, 0.5) is 4.79 Å². The zero-order chi connectivity index (χ0) is 14.9. The van der Waals surface area contributed by atoms with Gasteiger partial charge in [0.25, 0.3) is 0 Å². The van der Waals surface area contributed by atoms with E-state index in [4.69, 9.17) is 0 Å². The lowest BCUT2D eigenvalue weighted by Gasteiger charge is -2.43. The van der Waals surface area contributed by atoms with E-state index in [1.165, 1.54) is 4.90 Å². The molecule has 5 heteroatoms. The van der Waals surface area contributed by atoms with Crippen LogP contribution in [0, 0.1) is 11.8 Å². The van der Waals surface area contributed by atoms with Crippen LogP contribution in [0.3, 0.4) is 0 Å². The first-order valence-corrected chi connectivity index (χ1v) is 7.63. The molecule has 2 aliphatic rings. The fourth-order valence-electron chi connectivity index (χ4n) is 3.37. The van der Waals surface area contributed by atoms with Gasteiger partial charge in [-0.15, -0.1) is 0 Å². The third-order valence-electron chi connectivity index (χ3n) is 5.14. The highest BCUT2D eigenvalue weighted by molar-refractivity contribution is 6.16. The summed E-state index contributed by atoms with van der Waals surface area (Å²) in [6, 6.07) is -0.555. The van der Waals surface area contributed by atoms with Gasteiger partial charge in [0.2, 0.25) is 11.8 Å². The standard InChI is InChI=1S/C15H24N2O3/c1-4-15(3,5-2)17-13(19)11(10-8-6-7-9-10)12(18)16-14(17)20/h10-11H,4-9H2,1-3H3,(H,16,18,20).